The van der Waals surface area contributed by atoms with Crippen molar-refractivity contribution in [3.05, 3.63) is 112 Å². The van der Waals surface area contributed by atoms with Gasteiger partial charge in [-0.1, -0.05) is 62.4 Å². The first kappa shape index (κ1) is 35.5. The lowest BCUT2D eigenvalue weighted by molar-refractivity contribution is 0.0695. The van der Waals surface area contributed by atoms with E-state index < -0.39 is 22.1 Å². The van der Waals surface area contributed by atoms with Crippen LogP contribution < -0.4 is 19.5 Å². The Balaban J connectivity index is 1.38. The van der Waals surface area contributed by atoms with Crippen LogP contribution in [0.2, 0.25) is 0 Å². The van der Waals surface area contributed by atoms with E-state index in [0.717, 1.165) is 45.4 Å². The van der Waals surface area contributed by atoms with Gasteiger partial charge in [0.15, 0.2) is 0 Å². The molecule has 4 aromatic carbocycles. The van der Waals surface area contributed by atoms with Crippen molar-refractivity contribution >= 4 is 21.7 Å². The highest BCUT2D eigenvalue weighted by molar-refractivity contribution is 7.92. The Kier molecular flexibility index (Phi) is 11.7. The first-order valence-corrected chi connectivity index (χ1v) is 17.4. The molecule has 0 fully saturated rings. The summed E-state index contributed by atoms with van der Waals surface area (Å²) in [6.45, 7) is 10.9. The number of carbonyl (C=O) groups is 1. The van der Waals surface area contributed by atoms with E-state index in [0.29, 0.717) is 30.0 Å². The first-order valence-electron chi connectivity index (χ1n) is 15.5. The van der Waals surface area contributed by atoms with E-state index in [1.165, 1.54) is 0 Å². The van der Waals surface area contributed by atoms with Crippen molar-refractivity contribution in [2.75, 3.05) is 24.1 Å². The highest BCUT2D eigenvalue weighted by atomic mass is 32.2. The molecule has 2 atom stereocenters. The molecule has 0 radical (unpaired) electrons. The van der Waals surface area contributed by atoms with Gasteiger partial charge in [0.1, 0.15) is 24.7 Å². The lowest BCUT2D eigenvalue weighted by Crippen LogP contribution is -2.35. The number of anilines is 1. The van der Waals surface area contributed by atoms with Crippen LogP contribution in [0, 0.1) is 13.8 Å². The summed E-state index contributed by atoms with van der Waals surface area (Å²) in [4.78, 5) is 11.7. The molecule has 0 amide bonds. The van der Waals surface area contributed by atoms with Gasteiger partial charge in [-0.25, -0.2) is 13.2 Å². The van der Waals surface area contributed by atoms with Crippen molar-refractivity contribution in [3.63, 3.8) is 0 Å². The average Bonchev–Trinajstić information content (AvgIpc) is 3.02. The van der Waals surface area contributed by atoms with Crippen LogP contribution in [-0.2, 0) is 16.6 Å². The summed E-state index contributed by atoms with van der Waals surface area (Å²) in [5.74, 6) is 0.280. The molecule has 250 valence electrons. The number of hydrogen-bond acceptors (Lipinski definition) is 7. The lowest BCUT2D eigenvalue weighted by Gasteiger charge is -2.23. The number of hydrogen-bond donors (Lipinski definition) is 4. The molecule has 0 aliphatic carbocycles. The second-order valence-electron chi connectivity index (χ2n) is 12.1. The van der Waals surface area contributed by atoms with Gasteiger partial charge in [-0.05, 0) is 96.0 Å². The summed E-state index contributed by atoms with van der Waals surface area (Å²) in [6, 6.07) is 23.7. The van der Waals surface area contributed by atoms with Gasteiger partial charge in [-0.15, -0.1) is 0 Å². The van der Waals surface area contributed by atoms with E-state index in [1.807, 2.05) is 89.2 Å². The van der Waals surface area contributed by atoms with E-state index >= 15 is 0 Å². The van der Waals surface area contributed by atoms with Crippen molar-refractivity contribution in [1.82, 2.24) is 5.32 Å². The van der Waals surface area contributed by atoms with Crippen LogP contribution >= 0.6 is 0 Å². The third-order valence-corrected chi connectivity index (χ3v) is 8.45. The number of aliphatic hydroxyl groups excluding tert-OH is 1. The minimum Gasteiger partial charge on any atom is -0.492 e. The Morgan fingerprint density at radius 2 is 1.55 bits per heavy atom. The van der Waals surface area contributed by atoms with Gasteiger partial charge in [0.05, 0.1) is 23.6 Å². The van der Waals surface area contributed by atoms with Crippen molar-refractivity contribution in [2.45, 2.75) is 59.3 Å². The Morgan fingerprint density at radius 3 is 2.17 bits per heavy atom. The zero-order valence-corrected chi connectivity index (χ0v) is 28.5. The Hall–Kier alpha value is -4.38. The van der Waals surface area contributed by atoms with E-state index in [9.17, 15) is 23.4 Å². The zero-order valence-electron chi connectivity index (χ0n) is 27.7. The molecule has 0 saturated carbocycles. The second kappa shape index (κ2) is 15.5. The van der Waals surface area contributed by atoms with E-state index in [-0.39, 0.29) is 24.3 Å². The number of carboxylic acid groups (broad SMARTS) is 1. The largest absolute Gasteiger partial charge is 0.492 e. The molecule has 0 spiro atoms. The van der Waals surface area contributed by atoms with E-state index in [1.54, 1.807) is 24.3 Å². The molecule has 0 saturated heterocycles. The van der Waals surface area contributed by atoms with Crippen LogP contribution in [0.5, 0.6) is 11.5 Å². The summed E-state index contributed by atoms with van der Waals surface area (Å²) < 4.78 is 38.7. The quantitative estimate of drug-likeness (QED) is 0.102. The monoisotopic (exact) mass is 660 g/mol. The van der Waals surface area contributed by atoms with Gasteiger partial charge in [-0.2, -0.15) is 0 Å². The smallest absolute Gasteiger partial charge is 0.335 e. The number of ether oxygens (including phenoxy) is 2. The Bertz CT molecular complexity index is 1780. The summed E-state index contributed by atoms with van der Waals surface area (Å²) in [7, 11) is -3.59. The normalized spacial score (nSPS) is 12.9. The standard InChI is InChI=1S/C37H44N2O7S/c1-23(2)32-20-28(12-14-31(32)37(41)42)30-18-24(3)36(25(4)19-30)45-17-16-38-26(5)35(40)29-13-15-34(33(21-29)39-47(6,43)44)46-22-27-10-8-7-9-11-27/h7-15,18-21,23,26,35,38-40H,16-17,22H2,1-6H3,(H,41,42)/t26-,35-/m0/s1. The van der Waals surface area contributed by atoms with Gasteiger partial charge in [0, 0.05) is 12.6 Å². The van der Waals surface area contributed by atoms with E-state index in [4.69, 9.17) is 9.47 Å². The molecule has 47 heavy (non-hydrogen) atoms. The lowest BCUT2D eigenvalue weighted by atomic mass is 9.91. The number of aromatic carboxylic acids is 1. The maximum Gasteiger partial charge on any atom is 0.335 e. The molecule has 9 nitrogen and oxygen atoms in total. The SMILES string of the molecule is Cc1cc(-c2ccc(C(=O)O)c(C(C)C)c2)cc(C)c1OCCN[C@@H](C)[C@H](O)c1ccc(OCc2ccccc2)c(NS(C)(=O)=O)c1. The molecule has 0 aliphatic rings. The molecule has 4 aromatic rings. The van der Waals surface area contributed by atoms with Crippen molar-refractivity contribution < 1.29 is 32.9 Å². The summed E-state index contributed by atoms with van der Waals surface area (Å²) in [6.07, 6.45) is 0.142. The average molecular weight is 661 g/mol. The molecular formula is C37H44N2O7S. The minimum absolute atomic E-state index is 0.0729. The molecular weight excluding hydrogens is 616 g/mol. The number of carboxylic acids is 1. The van der Waals surface area contributed by atoms with Gasteiger partial charge in [-0.3, -0.25) is 4.72 Å². The zero-order chi connectivity index (χ0) is 34.3. The predicted octanol–water partition coefficient (Wildman–Crippen LogP) is 6.83. The maximum atomic E-state index is 12.1. The van der Waals surface area contributed by atoms with Crippen LogP contribution in [0.4, 0.5) is 5.69 Å². The fourth-order valence-electron chi connectivity index (χ4n) is 5.47. The molecule has 4 N–H and O–H groups in total. The Morgan fingerprint density at radius 1 is 0.872 bits per heavy atom. The first-order chi connectivity index (χ1) is 22.2. The van der Waals surface area contributed by atoms with Crippen LogP contribution in [0.1, 0.15) is 71.0 Å². The van der Waals surface area contributed by atoms with Crippen molar-refractivity contribution in [1.29, 1.82) is 0 Å². The topological polar surface area (TPSA) is 134 Å². The number of aryl methyl sites for hydroxylation is 2. The molecule has 0 aliphatic heterocycles. The molecule has 0 bridgehead atoms. The van der Waals surface area contributed by atoms with Crippen LogP contribution in [0.15, 0.2) is 78.9 Å². The molecule has 4 rings (SSSR count). The number of benzene rings is 4. The number of nitrogens with one attached hydrogen (secondary N) is 2. The molecule has 0 aromatic heterocycles. The molecule has 0 unspecified atom stereocenters. The maximum absolute atomic E-state index is 12.1. The minimum atomic E-state index is -3.59. The highest BCUT2D eigenvalue weighted by Gasteiger charge is 2.20. The van der Waals surface area contributed by atoms with Gasteiger partial charge in [0.2, 0.25) is 10.0 Å². The number of aliphatic hydroxyl groups is 1. The summed E-state index contributed by atoms with van der Waals surface area (Å²) >= 11 is 0. The van der Waals surface area contributed by atoms with Crippen LogP contribution in [-0.4, -0.2) is 50.0 Å². The summed E-state index contributed by atoms with van der Waals surface area (Å²) in [5, 5.41) is 24.0. The fraction of sp³-hybridized carbons (Fsp3) is 0.324. The van der Waals surface area contributed by atoms with Gasteiger partial charge >= 0.3 is 5.97 Å². The van der Waals surface area contributed by atoms with Gasteiger partial charge in [0.25, 0.3) is 0 Å². The van der Waals surface area contributed by atoms with Crippen molar-refractivity contribution in [2.24, 2.45) is 0 Å². The Labute approximate surface area is 277 Å². The highest BCUT2D eigenvalue weighted by Crippen LogP contribution is 2.33. The fourth-order valence-corrected chi connectivity index (χ4v) is 6.03. The third-order valence-electron chi connectivity index (χ3n) is 7.86. The van der Waals surface area contributed by atoms with E-state index in [2.05, 4.69) is 10.0 Å². The predicted molar refractivity (Wildman–Crippen MR) is 186 cm³/mol. The third kappa shape index (κ3) is 9.57. The number of sulfonamides is 1. The van der Waals surface area contributed by atoms with Crippen LogP contribution in [0.25, 0.3) is 11.1 Å². The van der Waals surface area contributed by atoms with Gasteiger partial charge < -0.3 is 25.0 Å². The second-order valence-corrected chi connectivity index (χ2v) is 13.9. The summed E-state index contributed by atoms with van der Waals surface area (Å²) in [5.41, 5.74) is 6.70. The molecule has 10 heteroatoms. The molecule has 0 heterocycles. The van der Waals surface area contributed by atoms with Crippen LogP contribution in [0.3, 0.4) is 0 Å². The number of rotatable bonds is 15. The van der Waals surface area contributed by atoms with Crippen molar-refractivity contribution in [3.8, 4) is 22.6 Å².